The number of thioether (sulfide) groups is 1. The number of urea groups is 1. The van der Waals surface area contributed by atoms with E-state index >= 15 is 0 Å². The summed E-state index contributed by atoms with van der Waals surface area (Å²) in [6.07, 6.45) is 1.97. The molecule has 20 heavy (non-hydrogen) atoms. The van der Waals surface area contributed by atoms with E-state index in [9.17, 15) is 9.59 Å². The first kappa shape index (κ1) is 16.4. The number of carbonyl (C=O) groups is 2. The van der Waals surface area contributed by atoms with Crippen molar-refractivity contribution < 1.29 is 14.7 Å². The van der Waals surface area contributed by atoms with Crippen LogP contribution in [0.5, 0.6) is 0 Å². The summed E-state index contributed by atoms with van der Waals surface area (Å²) < 4.78 is 0. The van der Waals surface area contributed by atoms with E-state index in [2.05, 4.69) is 5.32 Å². The number of anilines is 1. The number of benzene rings is 1. The molecule has 0 bridgehead atoms. The van der Waals surface area contributed by atoms with Gasteiger partial charge in [0, 0.05) is 23.7 Å². The van der Waals surface area contributed by atoms with Crippen molar-refractivity contribution in [2.45, 2.75) is 18.7 Å². The van der Waals surface area contributed by atoms with E-state index in [1.807, 2.05) is 37.4 Å². The lowest BCUT2D eigenvalue weighted by atomic mass is 10.2. The normalized spacial score (nSPS) is 11.8. The largest absolute Gasteiger partial charge is 0.481 e. The molecular formula is C14H20N2O3S. The van der Waals surface area contributed by atoms with Crippen LogP contribution in [-0.2, 0) is 4.79 Å². The number of carboxylic acids is 1. The summed E-state index contributed by atoms with van der Waals surface area (Å²) in [5, 5.41) is 11.7. The van der Waals surface area contributed by atoms with Crippen LogP contribution in [-0.4, -0.2) is 41.4 Å². The van der Waals surface area contributed by atoms with E-state index in [1.54, 1.807) is 18.7 Å². The molecule has 5 nitrogen and oxygen atoms in total. The average molecular weight is 296 g/mol. The van der Waals surface area contributed by atoms with Gasteiger partial charge in [-0.05, 0) is 31.4 Å². The quantitative estimate of drug-likeness (QED) is 0.792. The molecule has 0 heterocycles. The van der Waals surface area contributed by atoms with Crippen LogP contribution in [0.4, 0.5) is 10.5 Å². The van der Waals surface area contributed by atoms with Gasteiger partial charge >= 0.3 is 12.0 Å². The van der Waals surface area contributed by atoms with Gasteiger partial charge in [0.1, 0.15) is 0 Å². The molecule has 0 aliphatic heterocycles. The molecule has 0 aliphatic carbocycles. The highest BCUT2D eigenvalue weighted by Crippen LogP contribution is 2.19. The minimum atomic E-state index is -0.902. The van der Waals surface area contributed by atoms with Gasteiger partial charge in [0.15, 0.2) is 0 Å². The van der Waals surface area contributed by atoms with Crippen LogP contribution in [0.15, 0.2) is 29.2 Å². The second kappa shape index (κ2) is 7.79. The fourth-order valence-electron chi connectivity index (χ4n) is 1.67. The number of carbonyl (C=O) groups excluding carboxylic acids is 1. The zero-order valence-corrected chi connectivity index (χ0v) is 12.7. The SMILES string of the molecule is CCN(CC(C)C(=O)O)C(=O)Nc1cccc(SC)c1. The molecule has 0 radical (unpaired) electrons. The van der Waals surface area contributed by atoms with Gasteiger partial charge in [0.25, 0.3) is 0 Å². The Morgan fingerprint density at radius 1 is 1.45 bits per heavy atom. The molecule has 1 rings (SSSR count). The molecule has 0 saturated heterocycles. The Labute approximate surface area is 123 Å². The third kappa shape index (κ3) is 4.77. The summed E-state index contributed by atoms with van der Waals surface area (Å²) in [6, 6.07) is 7.25. The number of nitrogens with one attached hydrogen (secondary N) is 1. The first-order valence-electron chi connectivity index (χ1n) is 6.40. The molecule has 6 heteroatoms. The molecule has 0 fully saturated rings. The Bertz CT molecular complexity index is 479. The number of nitrogens with zero attached hydrogens (tertiary/aromatic N) is 1. The second-order valence-corrected chi connectivity index (χ2v) is 5.32. The van der Waals surface area contributed by atoms with Gasteiger partial charge in [-0.1, -0.05) is 13.0 Å². The Morgan fingerprint density at radius 3 is 2.70 bits per heavy atom. The van der Waals surface area contributed by atoms with Crippen molar-refractivity contribution >= 4 is 29.4 Å². The van der Waals surface area contributed by atoms with Crippen LogP contribution in [0.25, 0.3) is 0 Å². The molecule has 110 valence electrons. The lowest BCUT2D eigenvalue weighted by Gasteiger charge is -2.23. The van der Waals surface area contributed by atoms with E-state index < -0.39 is 11.9 Å². The summed E-state index contributed by atoms with van der Waals surface area (Å²) in [4.78, 5) is 25.5. The maximum atomic E-state index is 12.1. The lowest BCUT2D eigenvalue weighted by Crippen LogP contribution is -2.39. The van der Waals surface area contributed by atoms with E-state index in [-0.39, 0.29) is 12.6 Å². The van der Waals surface area contributed by atoms with Crippen molar-refractivity contribution in [3.05, 3.63) is 24.3 Å². The molecular weight excluding hydrogens is 276 g/mol. The molecule has 2 N–H and O–H groups in total. The van der Waals surface area contributed by atoms with Crippen molar-refractivity contribution in [2.75, 3.05) is 24.7 Å². The first-order chi connectivity index (χ1) is 9.47. The topological polar surface area (TPSA) is 69.6 Å². The standard InChI is InChI=1S/C14H20N2O3S/c1-4-16(9-10(2)13(17)18)14(19)15-11-6-5-7-12(8-11)20-3/h5-8,10H,4,9H2,1-3H3,(H,15,19)(H,17,18). The minimum Gasteiger partial charge on any atom is -0.481 e. The number of hydrogen-bond acceptors (Lipinski definition) is 3. The smallest absolute Gasteiger partial charge is 0.321 e. The highest BCUT2D eigenvalue weighted by molar-refractivity contribution is 7.98. The Hall–Kier alpha value is -1.69. The van der Waals surface area contributed by atoms with Gasteiger partial charge in [-0.2, -0.15) is 0 Å². The molecule has 0 aliphatic rings. The number of carboxylic acid groups (broad SMARTS) is 1. The Morgan fingerprint density at radius 2 is 2.15 bits per heavy atom. The van der Waals surface area contributed by atoms with Crippen molar-refractivity contribution in [3.8, 4) is 0 Å². The van der Waals surface area contributed by atoms with Crippen LogP contribution < -0.4 is 5.32 Å². The van der Waals surface area contributed by atoms with Crippen LogP contribution in [0.3, 0.4) is 0 Å². The second-order valence-electron chi connectivity index (χ2n) is 4.44. The fourth-order valence-corrected chi connectivity index (χ4v) is 2.13. The van der Waals surface area contributed by atoms with E-state index in [1.165, 1.54) is 4.90 Å². The number of aliphatic carboxylic acids is 1. The van der Waals surface area contributed by atoms with E-state index in [4.69, 9.17) is 5.11 Å². The Balaban J connectivity index is 2.69. The summed E-state index contributed by atoms with van der Waals surface area (Å²) in [6.45, 7) is 4.07. The maximum Gasteiger partial charge on any atom is 0.321 e. The third-order valence-electron chi connectivity index (χ3n) is 2.91. The molecule has 2 amide bonds. The van der Waals surface area contributed by atoms with E-state index in [0.717, 1.165) is 4.90 Å². The molecule has 1 aromatic rings. The number of rotatable bonds is 6. The van der Waals surface area contributed by atoms with Crippen molar-refractivity contribution in [2.24, 2.45) is 5.92 Å². The number of amides is 2. The summed E-state index contributed by atoms with van der Waals surface area (Å²) in [7, 11) is 0. The molecule has 0 saturated carbocycles. The molecule has 1 atom stereocenters. The van der Waals surface area contributed by atoms with E-state index in [0.29, 0.717) is 12.2 Å². The molecule has 0 aromatic heterocycles. The van der Waals surface area contributed by atoms with Gasteiger partial charge in [0.2, 0.25) is 0 Å². The lowest BCUT2D eigenvalue weighted by molar-refractivity contribution is -0.141. The monoisotopic (exact) mass is 296 g/mol. The summed E-state index contributed by atoms with van der Waals surface area (Å²) in [5.74, 6) is -1.49. The molecule has 0 spiro atoms. The summed E-state index contributed by atoms with van der Waals surface area (Å²) in [5.41, 5.74) is 0.711. The third-order valence-corrected chi connectivity index (χ3v) is 3.63. The molecule has 1 aromatic carbocycles. The van der Waals surface area contributed by atoms with Crippen molar-refractivity contribution in [1.82, 2.24) is 4.90 Å². The van der Waals surface area contributed by atoms with Gasteiger partial charge < -0.3 is 15.3 Å². The fraction of sp³-hybridized carbons (Fsp3) is 0.429. The van der Waals surface area contributed by atoms with Gasteiger partial charge in [-0.15, -0.1) is 11.8 Å². The predicted molar refractivity (Wildman–Crippen MR) is 81.3 cm³/mol. The highest BCUT2D eigenvalue weighted by atomic mass is 32.2. The zero-order valence-electron chi connectivity index (χ0n) is 11.9. The zero-order chi connectivity index (χ0) is 15.1. The highest BCUT2D eigenvalue weighted by Gasteiger charge is 2.19. The first-order valence-corrected chi connectivity index (χ1v) is 7.63. The number of hydrogen-bond donors (Lipinski definition) is 2. The predicted octanol–water partition coefficient (Wildman–Crippen LogP) is 2.98. The van der Waals surface area contributed by atoms with Crippen LogP contribution in [0.2, 0.25) is 0 Å². The van der Waals surface area contributed by atoms with Gasteiger partial charge in [-0.3, -0.25) is 4.79 Å². The molecule has 1 unspecified atom stereocenters. The van der Waals surface area contributed by atoms with Crippen LogP contribution in [0.1, 0.15) is 13.8 Å². The minimum absolute atomic E-state index is 0.194. The van der Waals surface area contributed by atoms with Crippen molar-refractivity contribution in [3.63, 3.8) is 0 Å². The van der Waals surface area contributed by atoms with Crippen LogP contribution >= 0.6 is 11.8 Å². The Kier molecular flexibility index (Phi) is 6.38. The van der Waals surface area contributed by atoms with Gasteiger partial charge in [0.05, 0.1) is 5.92 Å². The maximum absolute atomic E-state index is 12.1. The van der Waals surface area contributed by atoms with Gasteiger partial charge in [-0.25, -0.2) is 4.79 Å². The average Bonchev–Trinajstić information content (AvgIpc) is 2.44. The summed E-state index contributed by atoms with van der Waals surface area (Å²) >= 11 is 1.60. The van der Waals surface area contributed by atoms with Crippen LogP contribution in [0, 0.1) is 5.92 Å². The van der Waals surface area contributed by atoms with Crippen molar-refractivity contribution in [1.29, 1.82) is 0 Å².